The first-order valence-corrected chi connectivity index (χ1v) is 10.4. The second kappa shape index (κ2) is 11.0. The van der Waals surface area contributed by atoms with Gasteiger partial charge in [0.1, 0.15) is 12.4 Å². The Balaban J connectivity index is 1.85. The van der Waals surface area contributed by atoms with Crippen LogP contribution < -0.4 is 4.74 Å². The molecule has 0 atom stereocenters. The molecule has 3 aromatic rings. The zero-order valence-electron chi connectivity index (χ0n) is 18.3. The van der Waals surface area contributed by atoms with E-state index in [1.54, 1.807) is 18.1 Å². The van der Waals surface area contributed by atoms with Crippen molar-refractivity contribution in [2.75, 3.05) is 13.7 Å². The average molecular weight is 434 g/mol. The van der Waals surface area contributed by atoms with Crippen molar-refractivity contribution in [3.8, 4) is 16.9 Å². The van der Waals surface area contributed by atoms with E-state index in [0.29, 0.717) is 24.4 Å². The number of nitrogens with zero attached hydrogens (tertiary/aromatic N) is 1. The lowest BCUT2D eigenvalue weighted by Crippen LogP contribution is -2.31. The molecule has 0 aliphatic heterocycles. The quantitative estimate of drug-likeness (QED) is 0.505. The highest BCUT2D eigenvalue weighted by Crippen LogP contribution is 2.34. The minimum absolute atomic E-state index is 0.0643. The Hall–Kier alpha value is -3.80. The molecule has 0 aliphatic carbocycles. The maximum atomic E-state index is 12.7. The van der Waals surface area contributed by atoms with E-state index in [2.05, 4.69) is 0 Å². The van der Waals surface area contributed by atoms with Gasteiger partial charge in [-0.3, -0.25) is 4.79 Å². The molecule has 0 unspecified atom stereocenters. The van der Waals surface area contributed by atoms with Crippen molar-refractivity contribution in [2.24, 2.45) is 0 Å². The molecular formula is C26H27NO5. The maximum Gasteiger partial charge on any atom is 0.410 e. The number of carbonyl (C=O) groups is 2. The van der Waals surface area contributed by atoms with Crippen LogP contribution in [0.4, 0.5) is 4.79 Å². The lowest BCUT2D eigenvalue weighted by atomic mass is 9.96. The van der Waals surface area contributed by atoms with Crippen molar-refractivity contribution in [2.45, 2.75) is 26.5 Å². The lowest BCUT2D eigenvalue weighted by Gasteiger charge is -2.23. The fraction of sp³-hybridized carbons (Fsp3) is 0.231. The lowest BCUT2D eigenvalue weighted by molar-refractivity contribution is -0.136. The summed E-state index contributed by atoms with van der Waals surface area (Å²) in [6.07, 6.45) is -0.463. The second-order valence-electron chi connectivity index (χ2n) is 7.32. The number of amides is 1. The number of carboxylic acids is 1. The van der Waals surface area contributed by atoms with Crippen LogP contribution in [0.1, 0.15) is 23.6 Å². The van der Waals surface area contributed by atoms with Crippen LogP contribution in [0.5, 0.6) is 5.75 Å². The van der Waals surface area contributed by atoms with Crippen molar-refractivity contribution in [1.29, 1.82) is 0 Å². The Labute approximate surface area is 188 Å². The molecule has 0 saturated carbocycles. The molecule has 0 spiro atoms. The summed E-state index contributed by atoms with van der Waals surface area (Å²) < 4.78 is 11.1. The van der Waals surface area contributed by atoms with E-state index >= 15 is 0 Å². The molecule has 0 bridgehead atoms. The average Bonchev–Trinajstić information content (AvgIpc) is 2.81. The first kappa shape index (κ1) is 22.9. The summed E-state index contributed by atoms with van der Waals surface area (Å²) in [6, 6.07) is 22.6. The van der Waals surface area contributed by atoms with Crippen LogP contribution >= 0.6 is 0 Å². The standard InChI is InChI=1S/C26H27NO5/c1-3-27(26(30)32-18-19-9-5-4-6-10-19)17-22-13-8-14-23(31-2)25(22)21-12-7-11-20(15-21)16-24(28)29/h4-15H,3,16-18H2,1-2H3,(H,28,29). The molecule has 3 aromatic carbocycles. The Morgan fingerprint density at radius 2 is 1.66 bits per heavy atom. The normalized spacial score (nSPS) is 10.4. The van der Waals surface area contributed by atoms with Crippen LogP contribution in [0.15, 0.2) is 72.8 Å². The molecule has 0 radical (unpaired) electrons. The van der Waals surface area contributed by atoms with Gasteiger partial charge in [0.15, 0.2) is 0 Å². The Morgan fingerprint density at radius 3 is 2.34 bits per heavy atom. The summed E-state index contributed by atoms with van der Waals surface area (Å²) in [7, 11) is 1.59. The summed E-state index contributed by atoms with van der Waals surface area (Å²) >= 11 is 0. The predicted molar refractivity (Wildman–Crippen MR) is 122 cm³/mol. The molecule has 6 heteroatoms. The SMILES string of the molecule is CCN(Cc1cccc(OC)c1-c1cccc(CC(=O)O)c1)C(=O)OCc1ccccc1. The third kappa shape index (κ3) is 5.88. The van der Waals surface area contributed by atoms with Gasteiger partial charge in [-0.05, 0) is 35.2 Å². The molecule has 1 amide bonds. The smallest absolute Gasteiger partial charge is 0.410 e. The van der Waals surface area contributed by atoms with Gasteiger partial charge >= 0.3 is 12.1 Å². The number of rotatable bonds is 9. The van der Waals surface area contributed by atoms with Crippen molar-refractivity contribution in [1.82, 2.24) is 4.90 Å². The fourth-order valence-corrected chi connectivity index (χ4v) is 3.54. The zero-order chi connectivity index (χ0) is 22.9. The van der Waals surface area contributed by atoms with Gasteiger partial charge in [0.25, 0.3) is 0 Å². The summed E-state index contributed by atoms with van der Waals surface area (Å²) in [5.74, 6) is -0.232. The highest BCUT2D eigenvalue weighted by atomic mass is 16.6. The highest BCUT2D eigenvalue weighted by molar-refractivity contribution is 5.77. The Kier molecular flexibility index (Phi) is 7.86. The molecule has 32 heavy (non-hydrogen) atoms. The maximum absolute atomic E-state index is 12.7. The van der Waals surface area contributed by atoms with E-state index in [-0.39, 0.29) is 13.0 Å². The van der Waals surface area contributed by atoms with E-state index in [9.17, 15) is 9.59 Å². The van der Waals surface area contributed by atoms with E-state index in [1.807, 2.05) is 73.7 Å². The number of benzene rings is 3. The fourth-order valence-electron chi connectivity index (χ4n) is 3.54. The summed E-state index contributed by atoms with van der Waals surface area (Å²) in [4.78, 5) is 25.5. The van der Waals surface area contributed by atoms with Gasteiger partial charge < -0.3 is 19.5 Å². The topological polar surface area (TPSA) is 76.1 Å². The third-order valence-electron chi connectivity index (χ3n) is 5.11. The summed E-state index contributed by atoms with van der Waals surface area (Å²) in [5.41, 5.74) is 4.17. The van der Waals surface area contributed by atoms with Crippen molar-refractivity contribution >= 4 is 12.1 Å². The number of aliphatic carboxylic acids is 1. The molecule has 166 valence electrons. The monoisotopic (exact) mass is 433 g/mol. The van der Waals surface area contributed by atoms with Gasteiger partial charge in [0.05, 0.1) is 13.5 Å². The molecule has 3 rings (SSSR count). The molecule has 0 fully saturated rings. The zero-order valence-corrected chi connectivity index (χ0v) is 18.3. The van der Waals surface area contributed by atoms with Crippen LogP contribution in [0, 0.1) is 0 Å². The highest BCUT2D eigenvalue weighted by Gasteiger charge is 2.19. The number of hydrogen-bond donors (Lipinski definition) is 1. The van der Waals surface area contributed by atoms with Gasteiger partial charge in [-0.2, -0.15) is 0 Å². The summed E-state index contributed by atoms with van der Waals surface area (Å²) in [6.45, 7) is 2.92. The van der Waals surface area contributed by atoms with Gasteiger partial charge in [-0.25, -0.2) is 4.79 Å². The first-order chi connectivity index (χ1) is 15.5. The van der Waals surface area contributed by atoms with E-state index in [4.69, 9.17) is 14.6 Å². The Morgan fingerprint density at radius 1 is 0.938 bits per heavy atom. The van der Waals surface area contributed by atoms with Crippen LogP contribution in [-0.2, 0) is 29.1 Å². The van der Waals surface area contributed by atoms with Gasteiger partial charge in [0, 0.05) is 18.7 Å². The molecular weight excluding hydrogens is 406 g/mol. The molecule has 0 aromatic heterocycles. The molecule has 0 saturated heterocycles. The minimum Gasteiger partial charge on any atom is -0.496 e. The predicted octanol–water partition coefficient (Wildman–Crippen LogP) is 5.15. The van der Waals surface area contributed by atoms with Crippen molar-refractivity contribution in [3.05, 3.63) is 89.5 Å². The van der Waals surface area contributed by atoms with E-state index < -0.39 is 12.1 Å². The number of carbonyl (C=O) groups excluding carboxylic acids is 1. The van der Waals surface area contributed by atoms with E-state index in [1.165, 1.54) is 0 Å². The molecule has 1 N–H and O–H groups in total. The number of methoxy groups -OCH3 is 1. The van der Waals surface area contributed by atoms with Crippen LogP contribution in [-0.4, -0.2) is 35.7 Å². The largest absolute Gasteiger partial charge is 0.496 e. The van der Waals surface area contributed by atoms with E-state index in [0.717, 1.165) is 22.3 Å². The van der Waals surface area contributed by atoms with Crippen molar-refractivity contribution < 1.29 is 24.2 Å². The molecule has 0 aliphatic rings. The van der Waals surface area contributed by atoms with Crippen LogP contribution in [0.2, 0.25) is 0 Å². The van der Waals surface area contributed by atoms with Crippen LogP contribution in [0.3, 0.4) is 0 Å². The second-order valence-corrected chi connectivity index (χ2v) is 7.32. The molecule has 0 heterocycles. The van der Waals surface area contributed by atoms with Gasteiger partial charge in [-0.15, -0.1) is 0 Å². The Bertz CT molecular complexity index is 1060. The number of carboxylic acid groups (broad SMARTS) is 1. The number of hydrogen-bond acceptors (Lipinski definition) is 4. The third-order valence-corrected chi connectivity index (χ3v) is 5.11. The number of ether oxygens (including phenoxy) is 2. The van der Waals surface area contributed by atoms with Gasteiger partial charge in [-0.1, -0.05) is 66.7 Å². The van der Waals surface area contributed by atoms with Crippen molar-refractivity contribution in [3.63, 3.8) is 0 Å². The molecule has 6 nitrogen and oxygen atoms in total. The van der Waals surface area contributed by atoms with Gasteiger partial charge in [0.2, 0.25) is 0 Å². The first-order valence-electron chi connectivity index (χ1n) is 10.4. The summed E-state index contributed by atoms with van der Waals surface area (Å²) in [5, 5.41) is 9.15. The minimum atomic E-state index is -0.888. The van der Waals surface area contributed by atoms with Crippen LogP contribution in [0.25, 0.3) is 11.1 Å².